The highest BCUT2D eigenvalue weighted by atomic mass is 79.9. The van der Waals surface area contributed by atoms with Gasteiger partial charge in [0.15, 0.2) is 0 Å². The second-order valence-corrected chi connectivity index (χ2v) is 5.48. The molecule has 2 N–H and O–H groups in total. The standard InChI is InChI=1S/C15H25BrN2O/c1-4-6-9-18(5-2)14(11-17)12-7-8-15(19-3)13(16)10-12/h7-8,10,14H,4-6,9,11,17H2,1-3H3. The number of unbranched alkanes of at least 4 members (excludes halogenated alkanes) is 1. The molecule has 0 aliphatic rings. The molecule has 3 nitrogen and oxygen atoms in total. The Hall–Kier alpha value is -0.580. The Morgan fingerprint density at radius 1 is 1.37 bits per heavy atom. The maximum Gasteiger partial charge on any atom is 0.133 e. The monoisotopic (exact) mass is 328 g/mol. The molecule has 0 amide bonds. The normalized spacial score (nSPS) is 12.7. The molecule has 0 heterocycles. The third kappa shape index (κ3) is 4.48. The van der Waals surface area contributed by atoms with E-state index in [9.17, 15) is 0 Å². The van der Waals surface area contributed by atoms with Crippen LogP contribution in [0.4, 0.5) is 0 Å². The number of halogens is 1. The first-order chi connectivity index (χ1) is 9.17. The third-order valence-electron chi connectivity index (χ3n) is 3.43. The van der Waals surface area contributed by atoms with Crippen LogP contribution in [0.15, 0.2) is 22.7 Å². The van der Waals surface area contributed by atoms with E-state index < -0.39 is 0 Å². The van der Waals surface area contributed by atoms with Gasteiger partial charge in [-0.1, -0.05) is 26.3 Å². The van der Waals surface area contributed by atoms with Crippen molar-refractivity contribution in [3.05, 3.63) is 28.2 Å². The lowest BCUT2D eigenvalue weighted by atomic mass is 10.0. The molecule has 19 heavy (non-hydrogen) atoms. The van der Waals surface area contributed by atoms with Gasteiger partial charge in [-0.05, 0) is 53.1 Å². The van der Waals surface area contributed by atoms with Crippen molar-refractivity contribution >= 4 is 15.9 Å². The average molecular weight is 329 g/mol. The molecule has 0 spiro atoms. The van der Waals surface area contributed by atoms with Crippen molar-refractivity contribution in [1.29, 1.82) is 0 Å². The molecule has 0 radical (unpaired) electrons. The molecule has 1 aromatic rings. The van der Waals surface area contributed by atoms with Crippen LogP contribution in [0.25, 0.3) is 0 Å². The van der Waals surface area contributed by atoms with Gasteiger partial charge in [0.25, 0.3) is 0 Å². The SMILES string of the molecule is CCCCN(CC)C(CN)c1ccc(OC)c(Br)c1. The van der Waals surface area contributed by atoms with E-state index in [1.165, 1.54) is 18.4 Å². The molecule has 0 saturated heterocycles. The summed E-state index contributed by atoms with van der Waals surface area (Å²) in [4.78, 5) is 2.44. The highest BCUT2D eigenvalue weighted by Gasteiger charge is 2.18. The fourth-order valence-electron chi connectivity index (χ4n) is 2.28. The molecule has 4 heteroatoms. The summed E-state index contributed by atoms with van der Waals surface area (Å²) in [6, 6.07) is 6.50. The molecular weight excluding hydrogens is 304 g/mol. The van der Waals surface area contributed by atoms with Crippen molar-refractivity contribution in [3.8, 4) is 5.75 Å². The first-order valence-electron chi connectivity index (χ1n) is 6.95. The molecule has 1 unspecified atom stereocenters. The van der Waals surface area contributed by atoms with Crippen molar-refractivity contribution < 1.29 is 4.74 Å². The maximum atomic E-state index is 5.99. The van der Waals surface area contributed by atoms with Crippen LogP contribution in [0.3, 0.4) is 0 Å². The number of hydrogen-bond acceptors (Lipinski definition) is 3. The molecule has 0 aliphatic carbocycles. The predicted octanol–water partition coefficient (Wildman–Crippen LogP) is 3.58. The summed E-state index contributed by atoms with van der Waals surface area (Å²) >= 11 is 3.54. The summed E-state index contributed by atoms with van der Waals surface area (Å²) in [5.74, 6) is 0.858. The molecule has 0 saturated carbocycles. The minimum absolute atomic E-state index is 0.277. The molecule has 0 aromatic heterocycles. The number of hydrogen-bond donors (Lipinski definition) is 1. The van der Waals surface area contributed by atoms with E-state index in [-0.39, 0.29) is 6.04 Å². The second kappa shape index (κ2) is 8.56. The van der Waals surface area contributed by atoms with E-state index in [2.05, 4.69) is 46.8 Å². The first-order valence-corrected chi connectivity index (χ1v) is 7.74. The van der Waals surface area contributed by atoms with E-state index in [1.807, 2.05) is 6.07 Å². The van der Waals surface area contributed by atoms with Gasteiger partial charge in [0.1, 0.15) is 5.75 Å². The quantitative estimate of drug-likeness (QED) is 0.792. The van der Waals surface area contributed by atoms with Crippen LogP contribution in [-0.4, -0.2) is 31.6 Å². The first kappa shape index (κ1) is 16.5. The van der Waals surface area contributed by atoms with Crippen molar-refractivity contribution in [2.75, 3.05) is 26.7 Å². The number of likely N-dealkylation sites (N-methyl/N-ethyl adjacent to an activating group) is 1. The molecule has 0 fully saturated rings. The van der Waals surface area contributed by atoms with Crippen molar-refractivity contribution in [2.45, 2.75) is 32.7 Å². The van der Waals surface area contributed by atoms with Gasteiger partial charge in [0.05, 0.1) is 11.6 Å². The van der Waals surface area contributed by atoms with Crippen LogP contribution in [-0.2, 0) is 0 Å². The minimum Gasteiger partial charge on any atom is -0.496 e. The number of nitrogens with two attached hydrogens (primary N) is 1. The van der Waals surface area contributed by atoms with Gasteiger partial charge >= 0.3 is 0 Å². The number of benzene rings is 1. The lowest BCUT2D eigenvalue weighted by molar-refractivity contribution is 0.209. The zero-order chi connectivity index (χ0) is 14.3. The molecule has 108 valence electrons. The van der Waals surface area contributed by atoms with Gasteiger partial charge in [-0.2, -0.15) is 0 Å². The largest absolute Gasteiger partial charge is 0.496 e. The van der Waals surface area contributed by atoms with Crippen LogP contribution in [0, 0.1) is 0 Å². The van der Waals surface area contributed by atoms with Crippen LogP contribution in [0.5, 0.6) is 5.75 Å². The van der Waals surface area contributed by atoms with Crippen molar-refractivity contribution in [2.24, 2.45) is 5.73 Å². The van der Waals surface area contributed by atoms with Crippen molar-refractivity contribution in [3.63, 3.8) is 0 Å². The van der Waals surface area contributed by atoms with E-state index in [0.29, 0.717) is 6.54 Å². The van der Waals surface area contributed by atoms with E-state index >= 15 is 0 Å². The van der Waals surface area contributed by atoms with E-state index in [4.69, 9.17) is 10.5 Å². The lowest BCUT2D eigenvalue weighted by Crippen LogP contribution is -2.34. The molecular formula is C15H25BrN2O. The summed E-state index contributed by atoms with van der Waals surface area (Å²) in [5.41, 5.74) is 7.23. The summed E-state index contributed by atoms with van der Waals surface area (Å²) in [7, 11) is 1.68. The minimum atomic E-state index is 0.277. The molecule has 1 atom stereocenters. The smallest absolute Gasteiger partial charge is 0.133 e. The Balaban J connectivity index is 2.91. The molecule has 0 bridgehead atoms. The van der Waals surface area contributed by atoms with E-state index in [1.54, 1.807) is 7.11 Å². The zero-order valence-corrected chi connectivity index (χ0v) is 13.7. The summed E-state index contributed by atoms with van der Waals surface area (Å²) in [6.07, 6.45) is 2.42. The van der Waals surface area contributed by atoms with Crippen molar-refractivity contribution in [1.82, 2.24) is 4.90 Å². The fourth-order valence-corrected chi connectivity index (χ4v) is 2.84. The van der Waals surface area contributed by atoms with Gasteiger partial charge in [-0.15, -0.1) is 0 Å². The number of nitrogens with zero attached hydrogens (tertiary/aromatic N) is 1. The summed E-state index contributed by atoms with van der Waals surface area (Å²) in [5, 5.41) is 0. The predicted molar refractivity (Wildman–Crippen MR) is 84.6 cm³/mol. The lowest BCUT2D eigenvalue weighted by Gasteiger charge is -2.30. The number of methoxy groups -OCH3 is 1. The van der Waals surface area contributed by atoms with Gasteiger partial charge in [0, 0.05) is 12.6 Å². The maximum absolute atomic E-state index is 5.99. The average Bonchev–Trinajstić information content (AvgIpc) is 2.43. The number of rotatable bonds is 8. The highest BCUT2D eigenvalue weighted by molar-refractivity contribution is 9.10. The van der Waals surface area contributed by atoms with Crippen LogP contribution < -0.4 is 10.5 Å². The topological polar surface area (TPSA) is 38.5 Å². The van der Waals surface area contributed by atoms with Gasteiger partial charge in [-0.3, -0.25) is 4.90 Å². The van der Waals surface area contributed by atoms with Crippen LogP contribution in [0.1, 0.15) is 38.3 Å². The third-order valence-corrected chi connectivity index (χ3v) is 4.05. The zero-order valence-electron chi connectivity index (χ0n) is 12.2. The highest BCUT2D eigenvalue weighted by Crippen LogP contribution is 2.30. The Morgan fingerprint density at radius 2 is 2.11 bits per heavy atom. The van der Waals surface area contributed by atoms with Crippen LogP contribution in [0.2, 0.25) is 0 Å². The Morgan fingerprint density at radius 3 is 2.58 bits per heavy atom. The second-order valence-electron chi connectivity index (χ2n) is 4.63. The van der Waals surface area contributed by atoms with Gasteiger partial charge < -0.3 is 10.5 Å². The Kier molecular flexibility index (Phi) is 7.42. The molecule has 0 aliphatic heterocycles. The van der Waals surface area contributed by atoms with Gasteiger partial charge in [0.2, 0.25) is 0 Å². The van der Waals surface area contributed by atoms with Crippen LogP contribution >= 0.6 is 15.9 Å². The van der Waals surface area contributed by atoms with E-state index in [0.717, 1.165) is 23.3 Å². The Labute approximate surface area is 125 Å². The van der Waals surface area contributed by atoms with Gasteiger partial charge in [-0.25, -0.2) is 0 Å². The molecule has 1 aromatic carbocycles. The number of ether oxygens (including phenoxy) is 1. The Bertz CT molecular complexity index is 384. The fraction of sp³-hybridized carbons (Fsp3) is 0.600. The summed E-state index contributed by atoms with van der Waals surface area (Å²) in [6.45, 7) is 7.16. The summed E-state index contributed by atoms with van der Waals surface area (Å²) < 4.78 is 6.26. The molecule has 1 rings (SSSR count).